The van der Waals surface area contributed by atoms with Crippen molar-refractivity contribution in [2.45, 2.75) is 44.2 Å². The smallest absolute Gasteiger partial charge is 0.254 e. The van der Waals surface area contributed by atoms with Gasteiger partial charge in [0.15, 0.2) is 0 Å². The second-order valence-corrected chi connectivity index (χ2v) is 9.00. The van der Waals surface area contributed by atoms with Crippen LogP contribution in [-0.4, -0.2) is 56.8 Å². The maximum absolute atomic E-state index is 12.7. The predicted molar refractivity (Wildman–Crippen MR) is 96.0 cm³/mol. The number of nitrogens with one attached hydrogen (secondary N) is 1. The monoisotopic (exact) mass is 366 g/mol. The molecule has 1 aromatic carbocycles. The van der Waals surface area contributed by atoms with Gasteiger partial charge in [-0.05, 0) is 44.2 Å². The molecule has 0 aromatic heterocycles. The first-order valence-corrected chi connectivity index (χ1v) is 10.6. The van der Waals surface area contributed by atoms with Crippen LogP contribution in [0.1, 0.15) is 41.6 Å². The average Bonchev–Trinajstić information content (AvgIpc) is 2.54. The fourth-order valence-corrected chi connectivity index (χ4v) is 4.69. The third kappa shape index (κ3) is 4.40. The highest BCUT2D eigenvalue weighted by atomic mass is 32.2. The number of carbonyl (C=O) groups is 1. The third-order valence-corrected chi connectivity index (χ3v) is 5.97. The van der Waals surface area contributed by atoms with Crippen molar-refractivity contribution in [3.63, 3.8) is 0 Å². The molecule has 2 aliphatic heterocycles. The van der Waals surface area contributed by atoms with Gasteiger partial charge in [0, 0.05) is 31.3 Å². The van der Waals surface area contributed by atoms with Gasteiger partial charge in [-0.15, -0.1) is 0 Å². The lowest BCUT2D eigenvalue weighted by Gasteiger charge is -2.46. The summed E-state index contributed by atoms with van der Waals surface area (Å²) in [5.74, 6) is 0.0644. The molecule has 2 saturated heterocycles. The number of likely N-dealkylation sites (tertiary alicyclic amines) is 1. The molecule has 7 heteroatoms. The highest BCUT2D eigenvalue weighted by molar-refractivity contribution is 7.88. The van der Waals surface area contributed by atoms with Crippen molar-refractivity contribution in [3.8, 4) is 0 Å². The molecule has 0 aliphatic carbocycles. The molecule has 0 saturated carbocycles. The molecule has 25 heavy (non-hydrogen) atoms. The maximum Gasteiger partial charge on any atom is 0.254 e. The highest BCUT2D eigenvalue weighted by Gasteiger charge is 2.41. The van der Waals surface area contributed by atoms with Gasteiger partial charge in [0.25, 0.3) is 5.91 Å². The van der Waals surface area contributed by atoms with Gasteiger partial charge in [0.1, 0.15) is 0 Å². The normalized spacial score (nSPS) is 23.6. The predicted octanol–water partition coefficient (Wildman–Crippen LogP) is 1.70. The molecule has 0 bridgehead atoms. The summed E-state index contributed by atoms with van der Waals surface area (Å²) >= 11 is 0. The van der Waals surface area contributed by atoms with E-state index in [1.807, 2.05) is 36.1 Å². The van der Waals surface area contributed by atoms with E-state index in [1.165, 1.54) is 6.26 Å². The molecule has 2 heterocycles. The summed E-state index contributed by atoms with van der Waals surface area (Å²) in [6.07, 6.45) is 4.05. The zero-order valence-electron chi connectivity index (χ0n) is 14.8. The van der Waals surface area contributed by atoms with E-state index in [-0.39, 0.29) is 17.6 Å². The van der Waals surface area contributed by atoms with Crippen LogP contribution in [0.4, 0.5) is 0 Å². The number of aryl methyl sites for hydroxylation is 1. The molecular weight excluding hydrogens is 340 g/mol. The Morgan fingerprint density at radius 2 is 1.96 bits per heavy atom. The second-order valence-electron chi connectivity index (χ2n) is 7.22. The number of piperidine rings is 1. The molecule has 6 nitrogen and oxygen atoms in total. The standard InChI is InChI=1S/C18H26N2O4S/c1-14-5-3-4-6-16(14)17(21)20-10-8-18(9-11-20)13-15(7-12-24-18)19-25(2,22)23/h3-6,15,19H,7-13H2,1-2H3/t15-/m0/s1. The molecule has 1 spiro atoms. The number of hydrogen-bond donors (Lipinski definition) is 1. The largest absolute Gasteiger partial charge is 0.375 e. The summed E-state index contributed by atoms with van der Waals surface area (Å²) in [6, 6.07) is 7.55. The minimum absolute atomic E-state index is 0.0644. The van der Waals surface area contributed by atoms with E-state index in [9.17, 15) is 13.2 Å². The van der Waals surface area contributed by atoms with Crippen molar-refractivity contribution in [2.24, 2.45) is 0 Å². The lowest BCUT2D eigenvalue weighted by atomic mass is 9.82. The van der Waals surface area contributed by atoms with Gasteiger partial charge in [-0.1, -0.05) is 18.2 Å². The van der Waals surface area contributed by atoms with Crippen LogP contribution in [0.2, 0.25) is 0 Å². The molecule has 1 amide bonds. The SMILES string of the molecule is Cc1ccccc1C(=O)N1CCC2(CC1)C[C@@H](NS(C)(=O)=O)CCO2. The Bertz CT molecular complexity index is 739. The van der Waals surface area contributed by atoms with E-state index in [0.29, 0.717) is 32.5 Å². The zero-order valence-corrected chi connectivity index (χ0v) is 15.6. The minimum Gasteiger partial charge on any atom is -0.375 e. The molecular formula is C18H26N2O4S. The van der Waals surface area contributed by atoms with Crippen molar-refractivity contribution in [1.29, 1.82) is 0 Å². The Morgan fingerprint density at radius 3 is 2.60 bits per heavy atom. The molecule has 0 radical (unpaired) electrons. The van der Waals surface area contributed by atoms with Crippen LogP contribution in [0.3, 0.4) is 0 Å². The fourth-order valence-electron chi connectivity index (χ4n) is 3.88. The average molecular weight is 366 g/mol. The number of nitrogens with zero attached hydrogens (tertiary/aromatic N) is 1. The molecule has 0 unspecified atom stereocenters. The van der Waals surface area contributed by atoms with E-state index < -0.39 is 10.0 Å². The van der Waals surface area contributed by atoms with E-state index in [1.54, 1.807) is 0 Å². The van der Waals surface area contributed by atoms with Gasteiger partial charge in [0.2, 0.25) is 10.0 Å². The van der Waals surface area contributed by atoms with E-state index in [4.69, 9.17) is 4.74 Å². The summed E-state index contributed by atoms with van der Waals surface area (Å²) in [4.78, 5) is 14.6. The van der Waals surface area contributed by atoms with Crippen LogP contribution < -0.4 is 4.72 Å². The van der Waals surface area contributed by atoms with Crippen LogP contribution in [0.5, 0.6) is 0 Å². The summed E-state index contributed by atoms with van der Waals surface area (Å²) in [5.41, 5.74) is 1.42. The number of carbonyl (C=O) groups excluding carboxylic acids is 1. The molecule has 2 fully saturated rings. The van der Waals surface area contributed by atoms with Crippen LogP contribution in [0.15, 0.2) is 24.3 Å². The van der Waals surface area contributed by atoms with Gasteiger partial charge in [-0.25, -0.2) is 13.1 Å². The lowest BCUT2D eigenvalue weighted by molar-refractivity contribution is -0.113. The van der Waals surface area contributed by atoms with Gasteiger partial charge in [0.05, 0.1) is 11.9 Å². The van der Waals surface area contributed by atoms with Crippen LogP contribution >= 0.6 is 0 Å². The molecule has 1 N–H and O–H groups in total. The Kier molecular flexibility index (Phi) is 5.18. The number of rotatable bonds is 3. The Hall–Kier alpha value is -1.44. The van der Waals surface area contributed by atoms with Crippen LogP contribution in [0, 0.1) is 6.92 Å². The second kappa shape index (κ2) is 7.05. The fraction of sp³-hybridized carbons (Fsp3) is 0.611. The molecule has 2 aliphatic rings. The number of ether oxygens (including phenoxy) is 1. The zero-order chi connectivity index (χ0) is 18.1. The molecule has 1 aromatic rings. The quantitative estimate of drug-likeness (QED) is 0.883. The van der Waals surface area contributed by atoms with Gasteiger partial charge >= 0.3 is 0 Å². The van der Waals surface area contributed by atoms with Gasteiger partial charge in [-0.3, -0.25) is 4.79 Å². The van der Waals surface area contributed by atoms with Crippen molar-refractivity contribution in [1.82, 2.24) is 9.62 Å². The van der Waals surface area contributed by atoms with Crippen LogP contribution in [-0.2, 0) is 14.8 Å². The summed E-state index contributed by atoms with van der Waals surface area (Å²) in [6.45, 7) is 3.78. The van der Waals surface area contributed by atoms with Crippen molar-refractivity contribution < 1.29 is 17.9 Å². The van der Waals surface area contributed by atoms with Gasteiger partial charge < -0.3 is 9.64 Å². The highest BCUT2D eigenvalue weighted by Crippen LogP contribution is 2.35. The third-order valence-electron chi connectivity index (χ3n) is 5.21. The number of amides is 1. The first-order valence-electron chi connectivity index (χ1n) is 8.74. The summed E-state index contributed by atoms with van der Waals surface area (Å²) in [7, 11) is -3.21. The number of benzene rings is 1. The van der Waals surface area contributed by atoms with E-state index in [0.717, 1.165) is 24.0 Å². The number of hydrogen-bond acceptors (Lipinski definition) is 4. The summed E-state index contributed by atoms with van der Waals surface area (Å²) < 4.78 is 31.7. The Balaban J connectivity index is 1.63. The minimum atomic E-state index is -3.21. The summed E-state index contributed by atoms with van der Waals surface area (Å²) in [5, 5.41) is 0. The topological polar surface area (TPSA) is 75.7 Å². The van der Waals surface area contributed by atoms with Crippen molar-refractivity contribution in [3.05, 3.63) is 35.4 Å². The van der Waals surface area contributed by atoms with Crippen molar-refractivity contribution >= 4 is 15.9 Å². The van der Waals surface area contributed by atoms with E-state index in [2.05, 4.69) is 4.72 Å². The first kappa shape index (κ1) is 18.4. The van der Waals surface area contributed by atoms with Crippen molar-refractivity contribution in [2.75, 3.05) is 26.0 Å². The van der Waals surface area contributed by atoms with Gasteiger partial charge in [-0.2, -0.15) is 0 Å². The lowest BCUT2D eigenvalue weighted by Crippen LogP contribution is -2.54. The number of sulfonamides is 1. The Morgan fingerprint density at radius 1 is 1.28 bits per heavy atom. The molecule has 138 valence electrons. The molecule has 1 atom stereocenters. The maximum atomic E-state index is 12.7. The first-order chi connectivity index (χ1) is 11.8. The molecule has 3 rings (SSSR count). The van der Waals surface area contributed by atoms with Crippen LogP contribution in [0.25, 0.3) is 0 Å². The Labute approximate surface area is 149 Å². The van der Waals surface area contributed by atoms with E-state index >= 15 is 0 Å².